The molecule has 0 radical (unpaired) electrons. The molecule has 1 atom stereocenters. The van der Waals surface area contributed by atoms with E-state index in [1.165, 1.54) is 5.56 Å². The van der Waals surface area contributed by atoms with Gasteiger partial charge >= 0.3 is 0 Å². The van der Waals surface area contributed by atoms with Crippen LogP contribution in [0.3, 0.4) is 0 Å². The lowest BCUT2D eigenvalue weighted by molar-refractivity contribution is 0.301. The van der Waals surface area contributed by atoms with Gasteiger partial charge in [0, 0.05) is 6.04 Å². The quantitative estimate of drug-likeness (QED) is 0.879. The highest BCUT2D eigenvalue weighted by molar-refractivity contribution is 5.30. The minimum absolute atomic E-state index is 0.202. The van der Waals surface area contributed by atoms with E-state index in [0.717, 1.165) is 35.6 Å². The van der Waals surface area contributed by atoms with Crippen LogP contribution in [-0.4, -0.2) is 11.2 Å². The molecule has 4 heteroatoms. The van der Waals surface area contributed by atoms with E-state index in [1.54, 1.807) is 0 Å². The summed E-state index contributed by atoms with van der Waals surface area (Å²) >= 11 is 0. The summed E-state index contributed by atoms with van der Waals surface area (Å²) in [6, 6.07) is 8.29. The summed E-state index contributed by atoms with van der Waals surface area (Å²) in [6.07, 6.45) is 1.85. The number of ether oxygens (including phenoxy) is 1. The summed E-state index contributed by atoms with van der Waals surface area (Å²) in [5.74, 6) is 1.66. The summed E-state index contributed by atoms with van der Waals surface area (Å²) < 4.78 is 11.0. The Morgan fingerprint density at radius 1 is 1.35 bits per heavy atom. The molecule has 4 nitrogen and oxygen atoms in total. The Balaban J connectivity index is 2.01. The fraction of sp³-hybridized carbons (Fsp3) is 0.438. The molecule has 108 valence electrons. The third-order valence-corrected chi connectivity index (χ3v) is 3.49. The van der Waals surface area contributed by atoms with Crippen molar-refractivity contribution in [3.05, 3.63) is 46.8 Å². The maximum absolute atomic E-state index is 5.98. The number of benzene rings is 1. The molecule has 0 amide bonds. The predicted molar refractivity (Wildman–Crippen MR) is 78.7 cm³/mol. The Hall–Kier alpha value is -1.81. The molecule has 0 bridgehead atoms. The first-order chi connectivity index (χ1) is 9.60. The largest absolute Gasteiger partial charge is 0.489 e. The zero-order chi connectivity index (χ0) is 14.5. The number of aryl methyl sites for hydroxylation is 2. The van der Waals surface area contributed by atoms with Gasteiger partial charge in [-0.05, 0) is 44.4 Å². The van der Waals surface area contributed by atoms with E-state index in [9.17, 15) is 0 Å². The van der Waals surface area contributed by atoms with Crippen LogP contribution in [0.4, 0.5) is 0 Å². The van der Waals surface area contributed by atoms with Crippen molar-refractivity contribution in [2.45, 2.75) is 46.3 Å². The predicted octanol–water partition coefficient (Wildman–Crippen LogP) is 3.15. The summed E-state index contributed by atoms with van der Waals surface area (Å²) in [5, 5.41) is 3.92. The van der Waals surface area contributed by atoms with E-state index in [2.05, 4.69) is 18.1 Å². The van der Waals surface area contributed by atoms with E-state index >= 15 is 0 Å². The van der Waals surface area contributed by atoms with Gasteiger partial charge in [-0.2, -0.15) is 0 Å². The molecular weight excluding hydrogens is 252 g/mol. The fourth-order valence-electron chi connectivity index (χ4n) is 2.07. The number of hydrogen-bond acceptors (Lipinski definition) is 4. The second kappa shape index (κ2) is 6.57. The second-order valence-corrected chi connectivity index (χ2v) is 5.11. The summed E-state index contributed by atoms with van der Waals surface area (Å²) in [7, 11) is 0. The molecule has 1 aromatic carbocycles. The Morgan fingerprint density at radius 2 is 2.15 bits per heavy atom. The Labute approximate surface area is 119 Å². The van der Waals surface area contributed by atoms with Gasteiger partial charge in [0.2, 0.25) is 0 Å². The molecule has 2 aromatic rings. The van der Waals surface area contributed by atoms with E-state index < -0.39 is 0 Å². The van der Waals surface area contributed by atoms with E-state index in [-0.39, 0.29) is 6.04 Å². The van der Waals surface area contributed by atoms with Gasteiger partial charge in [0.05, 0.1) is 11.3 Å². The molecule has 1 heterocycles. The zero-order valence-corrected chi connectivity index (χ0v) is 12.3. The number of nitrogens with two attached hydrogens (primary N) is 1. The van der Waals surface area contributed by atoms with E-state index in [1.807, 2.05) is 32.0 Å². The minimum Gasteiger partial charge on any atom is -0.489 e. The maximum Gasteiger partial charge on any atom is 0.140 e. The minimum atomic E-state index is 0.202. The van der Waals surface area contributed by atoms with Crippen molar-refractivity contribution >= 4 is 0 Å². The zero-order valence-electron chi connectivity index (χ0n) is 12.3. The summed E-state index contributed by atoms with van der Waals surface area (Å²) in [5.41, 5.74) is 9.08. The van der Waals surface area contributed by atoms with Crippen LogP contribution in [0.5, 0.6) is 5.75 Å². The van der Waals surface area contributed by atoms with Crippen LogP contribution in [0.2, 0.25) is 0 Å². The lowest BCUT2D eigenvalue weighted by Crippen LogP contribution is -2.21. The first-order valence-corrected chi connectivity index (χ1v) is 6.99. The highest BCUT2D eigenvalue weighted by atomic mass is 16.5. The first-order valence-electron chi connectivity index (χ1n) is 6.99. The van der Waals surface area contributed by atoms with Gasteiger partial charge in [0.25, 0.3) is 0 Å². The first kappa shape index (κ1) is 14.6. The van der Waals surface area contributed by atoms with Crippen molar-refractivity contribution in [2.75, 3.05) is 0 Å². The maximum atomic E-state index is 5.98. The third kappa shape index (κ3) is 3.61. The van der Waals surface area contributed by atoms with Crippen LogP contribution in [-0.2, 0) is 13.0 Å². The highest BCUT2D eigenvalue weighted by Gasteiger charge is 2.10. The molecule has 0 aliphatic carbocycles. The summed E-state index contributed by atoms with van der Waals surface area (Å²) in [4.78, 5) is 0. The molecule has 0 fully saturated rings. The van der Waals surface area contributed by atoms with Gasteiger partial charge in [-0.25, -0.2) is 0 Å². The third-order valence-electron chi connectivity index (χ3n) is 3.49. The highest BCUT2D eigenvalue weighted by Crippen LogP contribution is 2.19. The molecule has 2 rings (SSSR count). The van der Waals surface area contributed by atoms with Gasteiger partial charge in [0.1, 0.15) is 18.1 Å². The average molecular weight is 274 g/mol. The molecule has 1 aromatic heterocycles. The van der Waals surface area contributed by atoms with Crippen LogP contribution in [0.1, 0.15) is 35.9 Å². The Morgan fingerprint density at radius 3 is 2.80 bits per heavy atom. The lowest BCUT2D eigenvalue weighted by Gasteiger charge is -2.11. The Bertz CT molecular complexity index is 544. The van der Waals surface area contributed by atoms with Crippen LogP contribution >= 0.6 is 0 Å². The van der Waals surface area contributed by atoms with Crippen LogP contribution in [0.15, 0.2) is 28.8 Å². The summed E-state index contributed by atoms with van der Waals surface area (Å²) in [6.45, 7) is 6.40. The standard InChI is InChI=1S/C16H22N2O2/c1-4-14(17)8-13-6-5-7-15(9-13)19-10-16-11(2)18-20-12(16)3/h5-7,9,14H,4,8,10,17H2,1-3H3. The van der Waals surface area contributed by atoms with Crippen molar-refractivity contribution in [3.8, 4) is 5.75 Å². The molecular formula is C16H22N2O2. The van der Waals surface area contributed by atoms with Crippen LogP contribution in [0, 0.1) is 13.8 Å². The topological polar surface area (TPSA) is 61.3 Å². The Kier molecular flexibility index (Phi) is 4.79. The van der Waals surface area contributed by atoms with Gasteiger partial charge in [-0.15, -0.1) is 0 Å². The SMILES string of the molecule is CCC(N)Cc1cccc(OCc2c(C)noc2C)c1. The molecule has 0 aliphatic rings. The fourth-order valence-corrected chi connectivity index (χ4v) is 2.07. The van der Waals surface area contributed by atoms with Gasteiger partial charge in [0.15, 0.2) is 0 Å². The number of aromatic nitrogens is 1. The molecule has 0 aliphatic heterocycles. The molecule has 0 spiro atoms. The van der Waals surface area contributed by atoms with Crippen molar-refractivity contribution in [1.82, 2.24) is 5.16 Å². The van der Waals surface area contributed by atoms with Crippen molar-refractivity contribution < 1.29 is 9.26 Å². The number of nitrogens with zero attached hydrogens (tertiary/aromatic N) is 1. The second-order valence-electron chi connectivity index (χ2n) is 5.11. The molecule has 0 saturated carbocycles. The molecule has 2 N–H and O–H groups in total. The molecule has 20 heavy (non-hydrogen) atoms. The average Bonchev–Trinajstić information content (AvgIpc) is 2.76. The number of hydrogen-bond donors (Lipinski definition) is 1. The molecule has 1 unspecified atom stereocenters. The van der Waals surface area contributed by atoms with Crippen molar-refractivity contribution in [3.63, 3.8) is 0 Å². The van der Waals surface area contributed by atoms with E-state index in [4.69, 9.17) is 15.0 Å². The number of rotatable bonds is 6. The van der Waals surface area contributed by atoms with E-state index in [0.29, 0.717) is 6.61 Å². The van der Waals surface area contributed by atoms with Gasteiger partial charge < -0.3 is 15.0 Å². The van der Waals surface area contributed by atoms with Crippen LogP contribution in [0.25, 0.3) is 0 Å². The smallest absolute Gasteiger partial charge is 0.140 e. The van der Waals surface area contributed by atoms with Gasteiger partial charge in [-0.3, -0.25) is 0 Å². The molecule has 0 saturated heterocycles. The van der Waals surface area contributed by atoms with Crippen molar-refractivity contribution in [1.29, 1.82) is 0 Å². The van der Waals surface area contributed by atoms with Crippen LogP contribution < -0.4 is 10.5 Å². The normalized spacial score (nSPS) is 12.4. The monoisotopic (exact) mass is 274 g/mol. The lowest BCUT2D eigenvalue weighted by atomic mass is 10.0. The van der Waals surface area contributed by atoms with Crippen molar-refractivity contribution in [2.24, 2.45) is 5.73 Å². The van der Waals surface area contributed by atoms with Gasteiger partial charge in [-0.1, -0.05) is 24.2 Å².